The number of ether oxygens (including phenoxy) is 1. The molecule has 0 unspecified atom stereocenters. The lowest BCUT2D eigenvalue weighted by atomic mass is 10.6. The maximum atomic E-state index is 10.5. The standard InChI is InChI=1S/C5H6N2O3/c1-3-10-5(8)4(6-2)7-9/h9H,3H2,1H3. The van der Waals surface area contributed by atoms with Crippen molar-refractivity contribution in [2.45, 2.75) is 6.92 Å². The number of carbonyl (C=O) groups excluding carboxylic acids is 1. The molecule has 5 heteroatoms. The van der Waals surface area contributed by atoms with Crippen LogP contribution in [0.4, 0.5) is 0 Å². The molecule has 10 heavy (non-hydrogen) atoms. The number of carbonyl (C=O) groups is 1. The van der Waals surface area contributed by atoms with Crippen LogP contribution < -0.4 is 0 Å². The highest BCUT2D eigenvalue weighted by atomic mass is 16.5. The second-order valence-corrected chi connectivity index (χ2v) is 1.26. The monoisotopic (exact) mass is 142 g/mol. The molecule has 0 heterocycles. The zero-order chi connectivity index (χ0) is 7.98. The molecule has 1 N–H and O–H groups in total. The van der Waals surface area contributed by atoms with E-state index in [0.717, 1.165) is 0 Å². The quantitative estimate of drug-likeness (QED) is 0.142. The number of hydrogen-bond donors (Lipinski definition) is 1. The lowest BCUT2D eigenvalue weighted by molar-refractivity contribution is -0.135. The Morgan fingerprint density at radius 2 is 2.50 bits per heavy atom. The van der Waals surface area contributed by atoms with Gasteiger partial charge < -0.3 is 14.8 Å². The van der Waals surface area contributed by atoms with Crippen molar-refractivity contribution in [2.75, 3.05) is 6.61 Å². The molecular weight excluding hydrogens is 136 g/mol. The van der Waals surface area contributed by atoms with Gasteiger partial charge in [0.25, 0.3) is 0 Å². The molecule has 0 aromatic carbocycles. The van der Waals surface area contributed by atoms with Crippen molar-refractivity contribution >= 4 is 11.8 Å². The van der Waals surface area contributed by atoms with Crippen LogP contribution in [-0.2, 0) is 9.53 Å². The van der Waals surface area contributed by atoms with Gasteiger partial charge in [0.1, 0.15) is 0 Å². The molecule has 0 aliphatic carbocycles. The minimum atomic E-state index is -0.903. The van der Waals surface area contributed by atoms with E-state index in [1.165, 1.54) is 0 Å². The number of oxime groups is 1. The summed E-state index contributed by atoms with van der Waals surface area (Å²) in [5.41, 5.74) is 0. The second kappa shape index (κ2) is 4.32. The summed E-state index contributed by atoms with van der Waals surface area (Å²) in [5, 5.41) is 10.4. The lowest BCUT2D eigenvalue weighted by Crippen LogP contribution is -2.13. The Bertz CT molecular complexity index is 192. The van der Waals surface area contributed by atoms with Crippen molar-refractivity contribution in [1.82, 2.24) is 0 Å². The van der Waals surface area contributed by atoms with Gasteiger partial charge in [-0.25, -0.2) is 0 Å². The minimum absolute atomic E-state index is 0.160. The average Bonchev–Trinajstić information content (AvgIpc) is 1.91. The fourth-order valence-electron chi connectivity index (χ4n) is 0.304. The number of esters is 1. The molecule has 0 fully saturated rings. The van der Waals surface area contributed by atoms with Gasteiger partial charge in [-0.15, -0.1) is 0 Å². The van der Waals surface area contributed by atoms with Gasteiger partial charge in [0.15, 0.2) is 0 Å². The summed E-state index contributed by atoms with van der Waals surface area (Å²) in [6, 6.07) is 0. The molecule has 0 saturated heterocycles. The van der Waals surface area contributed by atoms with Gasteiger partial charge in [0.05, 0.1) is 11.8 Å². The van der Waals surface area contributed by atoms with E-state index in [1.807, 2.05) is 0 Å². The van der Waals surface area contributed by atoms with E-state index in [1.54, 1.807) is 6.92 Å². The van der Waals surface area contributed by atoms with Crippen LogP contribution in [0.5, 0.6) is 0 Å². The predicted molar refractivity (Wildman–Crippen MR) is 32.5 cm³/mol. The molecule has 0 amide bonds. The smallest absolute Gasteiger partial charge is 0.398 e. The van der Waals surface area contributed by atoms with E-state index in [9.17, 15) is 4.79 Å². The molecule has 0 aliphatic heterocycles. The third-order valence-electron chi connectivity index (χ3n) is 0.659. The molecule has 54 valence electrons. The molecule has 0 saturated carbocycles. The van der Waals surface area contributed by atoms with Crippen LogP contribution in [0.2, 0.25) is 0 Å². The lowest BCUT2D eigenvalue weighted by Gasteiger charge is -1.94. The molecule has 0 bridgehead atoms. The second-order valence-electron chi connectivity index (χ2n) is 1.26. The maximum Gasteiger partial charge on any atom is 0.398 e. The highest BCUT2D eigenvalue weighted by molar-refractivity contribution is 6.39. The first-order chi connectivity index (χ1) is 4.76. The van der Waals surface area contributed by atoms with Crippen LogP contribution in [0.1, 0.15) is 6.92 Å². The van der Waals surface area contributed by atoms with E-state index in [-0.39, 0.29) is 6.61 Å². The Morgan fingerprint density at radius 1 is 1.90 bits per heavy atom. The topological polar surface area (TPSA) is 63.2 Å². The Labute approximate surface area is 57.7 Å². The summed E-state index contributed by atoms with van der Waals surface area (Å²) in [4.78, 5) is 13.1. The van der Waals surface area contributed by atoms with Crippen LogP contribution in [0, 0.1) is 6.57 Å². The first kappa shape index (κ1) is 8.43. The number of nitrogens with zero attached hydrogens (tertiary/aromatic N) is 2. The summed E-state index contributed by atoms with van der Waals surface area (Å²) < 4.78 is 4.34. The van der Waals surface area contributed by atoms with Gasteiger partial charge in [-0.05, 0) is 6.92 Å². The molecule has 0 atom stereocenters. The van der Waals surface area contributed by atoms with Crippen LogP contribution in [0.3, 0.4) is 0 Å². The molecule has 0 radical (unpaired) electrons. The van der Waals surface area contributed by atoms with Crippen molar-refractivity contribution in [3.8, 4) is 0 Å². The zero-order valence-electron chi connectivity index (χ0n) is 5.37. The molecule has 0 spiro atoms. The third kappa shape index (κ3) is 2.13. The molecule has 0 rings (SSSR count). The number of amidine groups is 1. The van der Waals surface area contributed by atoms with E-state index < -0.39 is 11.8 Å². The highest BCUT2D eigenvalue weighted by Crippen LogP contribution is 1.84. The van der Waals surface area contributed by atoms with Crippen LogP contribution >= 0.6 is 0 Å². The number of hydrogen-bond acceptors (Lipinski definition) is 4. The summed E-state index contributed by atoms with van der Waals surface area (Å²) in [6.07, 6.45) is 0. The van der Waals surface area contributed by atoms with Crippen molar-refractivity contribution in [3.05, 3.63) is 11.4 Å². The first-order valence-electron chi connectivity index (χ1n) is 2.52. The molecule has 5 nitrogen and oxygen atoms in total. The van der Waals surface area contributed by atoms with Gasteiger partial charge in [-0.1, -0.05) is 6.57 Å². The van der Waals surface area contributed by atoms with Gasteiger partial charge in [0, 0.05) is 0 Å². The fraction of sp³-hybridized carbons (Fsp3) is 0.400. The van der Waals surface area contributed by atoms with E-state index >= 15 is 0 Å². The van der Waals surface area contributed by atoms with Crippen LogP contribution in [0.25, 0.3) is 4.85 Å². The van der Waals surface area contributed by atoms with E-state index in [2.05, 4.69) is 14.7 Å². The summed E-state index contributed by atoms with van der Waals surface area (Å²) in [5.74, 6) is -1.55. The zero-order valence-corrected chi connectivity index (χ0v) is 5.37. The Balaban J connectivity index is 4.08. The van der Waals surface area contributed by atoms with E-state index in [4.69, 9.17) is 11.8 Å². The summed E-state index contributed by atoms with van der Waals surface area (Å²) in [6.45, 7) is 8.06. The maximum absolute atomic E-state index is 10.5. The molecule has 0 aromatic rings. The minimum Gasteiger partial charge on any atom is -0.470 e. The van der Waals surface area contributed by atoms with Gasteiger partial charge in [0.2, 0.25) is 0 Å². The van der Waals surface area contributed by atoms with Crippen molar-refractivity contribution in [2.24, 2.45) is 5.16 Å². The third-order valence-corrected chi connectivity index (χ3v) is 0.659. The Kier molecular flexibility index (Phi) is 3.64. The predicted octanol–water partition coefficient (Wildman–Crippen LogP) is 0.256. The molecule has 0 aromatic heterocycles. The average molecular weight is 142 g/mol. The van der Waals surface area contributed by atoms with Gasteiger partial charge in [-0.3, -0.25) is 4.79 Å². The normalized spacial score (nSPS) is 10.2. The SMILES string of the molecule is [C-]#[N+]C(=NO)C(=O)OCC. The Hall–Kier alpha value is -1.57. The van der Waals surface area contributed by atoms with Crippen molar-refractivity contribution in [3.63, 3.8) is 0 Å². The summed E-state index contributed by atoms with van der Waals surface area (Å²) in [7, 11) is 0. The largest absolute Gasteiger partial charge is 0.470 e. The highest BCUT2D eigenvalue weighted by Gasteiger charge is 2.12. The van der Waals surface area contributed by atoms with Crippen molar-refractivity contribution in [1.29, 1.82) is 0 Å². The van der Waals surface area contributed by atoms with Gasteiger partial charge in [-0.2, -0.15) is 0 Å². The fourth-order valence-corrected chi connectivity index (χ4v) is 0.304. The summed E-state index contributed by atoms with van der Waals surface area (Å²) >= 11 is 0. The first-order valence-corrected chi connectivity index (χ1v) is 2.52. The molecular formula is C5H6N2O3. The van der Waals surface area contributed by atoms with Crippen LogP contribution in [-0.4, -0.2) is 23.6 Å². The molecule has 0 aliphatic rings. The van der Waals surface area contributed by atoms with Crippen molar-refractivity contribution < 1.29 is 14.7 Å². The number of rotatable bonds is 1. The Morgan fingerprint density at radius 3 is 2.80 bits per heavy atom. The van der Waals surface area contributed by atoms with Crippen LogP contribution in [0.15, 0.2) is 5.16 Å². The van der Waals surface area contributed by atoms with Gasteiger partial charge >= 0.3 is 11.8 Å². The van der Waals surface area contributed by atoms with E-state index in [0.29, 0.717) is 0 Å².